The molecule has 0 atom stereocenters. The van der Waals surface area contributed by atoms with Crippen LogP contribution in [-0.4, -0.2) is 0 Å². The van der Waals surface area contributed by atoms with Crippen molar-refractivity contribution in [3.05, 3.63) is 218 Å². The highest BCUT2D eigenvalue weighted by molar-refractivity contribution is 6.21. The number of hydrogen-bond acceptors (Lipinski definition) is 1. The molecule has 11 rings (SSSR count). The van der Waals surface area contributed by atoms with Crippen molar-refractivity contribution in [2.24, 2.45) is 0 Å². The Bertz CT molecular complexity index is 3210. The van der Waals surface area contributed by atoms with Gasteiger partial charge in [-0.25, -0.2) is 0 Å². The van der Waals surface area contributed by atoms with Crippen LogP contribution in [0.25, 0.3) is 110 Å². The second-order valence-corrected chi connectivity index (χ2v) is 14.8. The highest BCUT2D eigenvalue weighted by Crippen LogP contribution is 2.46. The Labute approximate surface area is 331 Å². The largest absolute Gasteiger partial charge is 0.456 e. The summed E-state index contributed by atoms with van der Waals surface area (Å²) in [5, 5.41) is 7.25. The SMILES string of the molecule is c1ccc(-c2cccc(-c3c4ccccc4c(-c4ccc(-c5c(-c6ccccc6)cccc5-c5ccc6oc7ccccc7c6c5)cc4)c4ccccc34)c2)cc1. The van der Waals surface area contributed by atoms with Crippen LogP contribution in [0.3, 0.4) is 0 Å². The maximum Gasteiger partial charge on any atom is 0.135 e. The molecule has 266 valence electrons. The van der Waals surface area contributed by atoms with Crippen LogP contribution in [0, 0.1) is 0 Å². The average molecular weight is 725 g/mol. The van der Waals surface area contributed by atoms with Crippen LogP contribution in [-0.2, 0) is 0 Å². The van der Waals surface area contributed by atoms with Gasteiger partial charge in [0.25, 0.3) is 0 Å². The Kier molecular flexibility index (Phi) is 7.89. The number of hydrogen-bond donors (Lipinski definition) is 0. The molecule has 11 aromatic rings. The number of para-hydroxylation sites is 1. The molecule has 0 bridgehead atoms. The van der Waals surface area contributed by atoms with Crippen LogP contribution in [0.2, 0.25) is 0 Å². The van der Waals surface area contributed by atoms with Crippen molar-refractivity contribution in [3.63, 3.8) is 0 Å². The van der Waals surface area contributed by atoms with Gasteiger partial charge in [-0.15, -0.1) is 0 Å². The Hall–Kier alpha value is -7.48. The summed E-state index contributed by atoms with van der Waals surface area (Å²) in [4.78, 5) is 0. The summed E-state index contributed by atoms with van der Waals surface area (Å²) in [7, 11) is 0. The molecule has 0 N–H and O–H groups in total. The van der Waals surface area contributed by atoms with Crippen LogP contribution < -0.4 is 0 Å². The normalized spacial score (nSPS) is 11.5. The van der Waals surface area contributed by atoms with Gasteiger partial charge in [0, 0.05) is 10.8 Å². The van der Waals surface area contributed by atoms with Crippen molar-refractivity contribution in [1.29, 1.82) is 0 Å². The maximum absolute atomic E-state index is 6.22. The van der Waals surface area contributed by atoms with Gasteiger partial charge in [-0.05, 0) is 113 Å². The van der Waals surface area contributed by atoms with E-state index in [4.69, 9.17) is 4.42 Å². The van der Waals surface area contributed by atoms with Crippen molar-refractivity contribution in [3.8, 4) is 66.8 Å². The molecule has 1 heterocycles. The smallest absolute Gasteiger partial charge is 0.135 e. The van der Waals surface area contributed by atoms with Crippen LogP contribution in [0.15, 0.2) is 223 Å². The monoisotopic (exact) mass is 724 g/mol. The summed E-state index contributed by atoms with van der Waals surface area (Å²) < 4.78 is 6.22. The Morgan fingerprint density at radius 1 is 0.211 bits per heavy atom. The van der Waals surface area contributed by atoms with E-state index in [1.807, 2.05) is 12.1 Å². The topological polar surface area (TPSA) is 13.1 Å². The fourth-order valence-corrected chi connectivity index (χ4v) is 8.89. The van der Waals surface area contributed by atoms with Gasteiger partial charge in [-0.2, -0.15) is 0 Å². The summed E-state index contributed by atoms with van der Waals surface area (Å²) in [6.07, 6.45) is 0. The third kappa shape index (κ3) is 5.63. The molecular weight excluding hydrogens is 689 g/mol. The molecule has 1 heteroatoms. The van der Waals surface area contributed by atoms with Gasteiger partial charge in [-0.3, -0.25) is 0 Å². The third-order valence-corrected chi connectivity index (χ3v) is 11.5. The molecule has 1 aromatic heterocycles. The molecule has 0 saturated carbocycles. The van der Waals surface area contributed by atoms with E-state index in [0.717, 1.165) is 27.5 Å². The molecule has 0 aliphatic rings. The molecular formula is C56H36O. The van der Waals surface area contributed by atoms with E-state index in [1.165, 1.54) is 82.7 Å². The number of rotatable bonds is 6. The van der Waals surface area contributed by atoms with Crippen LogP contribution in [0.1, 0.15) is 0 Å². The standard InChI is InChI=1S/C56H36O/c1-3-15-37(16-4-1)41-19-13-20-43(35-41)56-49-24-9-7-22-47(49)55(48-23-8-10-25-50(48)56)40-31-29-39(30-32-40)54-44(38-17-5-2-6-18-38)26-14-27-45(54)42-33-34-53-51(36-42)46-21-11-12-28-52(46)57-53/h1-36H. The third-order valence-electron chi connectivity index (χ3n) is 11.5. The van der Waals surface area contributed by atoms with E-state index in [9.17, 15) is 0 Å². The van der Waals surface area contributed by atoms with E-state index < -0.39 is 0 Å². The van der Waals surface area contributed by atoms with Gasteiger partial charge >= 0.3 is 0 Å². The van der Waals surface area contributed by atoms with E-state index in [-0.39, 0.29) is 0 Å². The summed E-state index contributed by atoms with van der Waals surface area (Å²) in [6, 6.07) is 79.0. The van der Waals surface area contributed by atoms with Gasteiger partial charge in [-0.1, -0.05) is 194 Å². The lowest BCUT2D eigenvalue weighted by Crippen LogP contribution is -1.92. The van der Waals surface area contributed by atoms with Crippen LogP contribution in [0.4, 0.5) is 0 Å². The predicted octanol–water partition coefficient (Wildman–Crippen LogP) is 15.9. The molecule has 0 aliphatic carbocycles. The van der Waals surface area contributed by atoms with E-state index in [2.05, 4.69) is 206 Å². The molecule has 0 spiro atoms. The highest BCUT2D eigenvalue weighted by atomic mass is 16.3. The van der Waals surface area contributed by atoms with Gasteiger partial charge in [0.2, 0.25) is 0 Å². The lowest BCUT2D eigenvalue weighted by atomic mass is 9.84. The zero-order chi connectivity index (χ0) is 37.7. The fraction of sp³-hybridized carbons (Fsp3) is 0. The zero-order valence-corrected chi connectivity index (χ0v) is 31.2. The summed E-state index contributed by atoms with van der Waals surface area (Å²) in [5.74, 6) is 0. The van der Waals surface area contributed by atoms with Gasteiger partial charge < -0.3 is 4.42 Å². The lowest BCUT2D eigenvalue weighted by Gasteiger charge is -2.19. The van der Waals surface area contributed by atoms with Gasteiger partial charge in [0.15, 0.2) is 0 Å². The van der Waals surface area contributed by atoms with Crippen molar-refractivity contribution >= 4 is 43.5 Å². The summed E-state index contributed by atoms with van der Waals surface area (Å²) >= 11 is 0. The first-order chi connectivity index (χ1) is 28.3. The number of furan rings is 1. The molecule has 0 unspecified atom stereocenters. The first-order valence-corrected chi connectivity index (χ1v) is 19.6. The molecule has 1 nitrogen and oxygen atoms in total. The summed E-state index contributed by atoms with van der Waals surface area (Å²) in [5.41, 5.74) is 16.3. The minimum absolute atomic E-state index is 0.902. The van der Waals surface area contributed by atoms with E-state index in [1.54, 1.807) is 0 Å². The van der Waals surface area contributed by atoms with Crippen LogP contribution in [0.5, 0.6) is 0 Å². The highest BCUT2D eigenvalue weighted by Gasteiger charge is 2.19. The molecule has 0 amide bonds. The Morgan fingerprint density at radius 3 is 1.30 bits per heavy atom. The molecule has 57 heavy (non-hydrogen) atoms. The van der Waals surface area contributed by atoms with Crippen molar-refractivity contribution in [2.75, 3.05) is 0 Å². The number of benzene rings is 10. The fourth-order valence-electron chi connectivity index (χ4n) is 8.89. The van der Waals surface area contributed by atoms with E-state index in [0.29, 0.717) is 0 Å². The van der Waals surface area contributed by atoms with Crippen molar-refractivity contribution in [1.82, 2.24) is 0 Å². The first kappa shape index (κ1) is 32.9. The average Bonchev–Trinajstić information content (AvgIpc) is 3.67. The first-order valence-electron chi connectivity index (χ1n) is 19.6. The molecule has 0 fully saturated rings. The zero-order valence-electron chi connectivity index (χ0n) is 31.2. The van der Waals surface area contributed by atoms with Crippen molar-refractivity contribution in [2.45, 2.75) is 0 Å². The maximum atomic E-state index is 6.22. The lowest BCUT2D eigenvalue weighted by molar-refractivity contribution is 0.669. The molecule has 10 aromatic carbocycles. The molecule has 0 radical (unpaired) electrons. The Balaban J connectivity index is 1.09. The number of fused-ring (bicyclic) bond motifs is 5. The van der Waals surface area contributed by atoms with Crippen LogP contribution >= 0.6 is 0 Å². The predicted molar refractivity (Wildman–Crippen MR) is 241 cm³/mol. The van der Waals surface area contributed by atoms with Crippen molar-refractivity contribution < 1.29 is 4.42 Å². The van der Waals surface area contributed by atoms with E-state index >= 15 is 0 Å². The van der Waals surface area contributed by atoms with Gasteiger partial charge in [0.05, 0.1) is 0 Å². The molecule has 0 saturated heterocycles. The Morgan fingerprint density at radius 2 is 0.649 bits per heavy atom. The quantitative estimate of drug-likeness (QED) is 0.156. The minimum Gasteiger partial charge on any atom is -0.456 e. The summed E-state index contributed by atoms with van der Waals surface area (Å²) in [6.45, 7) is 0. The minimum atomic E-state index is 0.902. The second kappa shape index (κ2) is 13.7. The van der Waals surface area contributed by atoms with Gasteiger partial charge in [0.1, 0.15) is 11.2 Å². The molecule has 0 aliphatic heterocycles. The second-order valence-electron chi connectivity index (χ2n) is 14.8.